The maximum absolute atomic E-state index is 13.6. The molecule has 1 aromatic rings. The van der Waals surface area contributed by atoms with Crippen molar-refractivity contribution in [3.8, 4) is 0 Å². The Balaban J connectivity index is 2.25. The third kappa shape index (κ3) is 2.72. The van der Waals surface area contributed by atoms with E-state index in [2.05, 4.69) is 10.3 Å². The molecule has 0 saturated carbocycles. The zero-order chi connectivity index (χ0) is 13.8. The van der Waals surface area contributed by atoms with Gasteiger partial charge in [0.15, 0.2) is 5.82 Å². The molecule has 2 heterocycles. The van der Waals surface area contributed by atoms with Gasteiger partial charge in [0, 0.05) is 19.8 Å². The van der Waals surface area contributed by atoms with E-state index in [4.69, 9.17) is 0 Å². The number of piperidine rings is 1. The van der Waals surface area contributed by atoms with Crippen molar-refractivity contribution in [3.05, 3.63) is 29.8 Å². The number of amides is 2. The third-order valence-corrected chi connectivity index (χ3v) is 3.32. The Bertz CT molecular complexity index is 493. The molecule has 1 saturated heterocycles. The van der Waals surface area contributed by atoms with Crippen molar-refractivity contribution in [2.24, 2.45) is 0 Å². The van der Waals surface area contributed by atoms with Crippen LogP contribution < -0.4 is 5.32 Å². The maximum atomic E-state index is 13.6. The number of aromatic nitrogens is 1. The first kappa shape index (κ1) is 13.5. The average molecular weight is 265 g/mol. The number of likely N-dealkylation sites (tertiary alicyclic amines) is 1. The molecular weight excluding hydrogens is 249 g/mol. The molecule has 0 aromatic carbocycles. The van der Waals surface area contributed by atoms with E-state index in [0.29, 0.717) is 13.0 Å². The first-order valence-corrected chi connectivity index (χ1v) is 6.27. The highest BCUT2D eigenvalue weighted by atomic mass is 19.1. The predicted octanol–water partition coefficient (Wildman–Crippen LogP) is 0.961. The van der Waals surface area contributed by atoms with Crippen molar-refractivity contribution in [3.63, 3.8) is 0 Å². The number of halogens is 1. The summed E-state index contributed by atoms with van der Waals surface area (Å²) in [7, 11) is 1.53. The molecule has 1 N–H and O–H groups in total. The Morgan fingerprint density at radius 2 is 2.26 bits per heavy atom. The number of rotatable bonds is 2. The Kier molecular flexibility index (Phi) is 4.09. The monoisotopic (exact) mass is 265 g/mol. The maximum Gasteiger partial charge on any atom is 0.257 e. The first-order chi connectivity index (χ1) is 9.15. The highest BCUT2D eigenvalue weighted by molar-refractivity contribution is 5.97. The summed E-state index contributed by atoms with van der Waals surface area (Å²) < 4.78 is 13.6. The molecule has 1 fully saturated rings. The molecular formula is C13H16FN3O2. The summed E-state index contributed by atoms with van der Waals surface area (Å²) in [5, 5.41) is 2.55. The molecule has 0 spiro atoms. The predicted molar refractivity (Wildman–Crippen MR) is 66.9 cm³/mol. The summed E-state index contributed by atoms with van der Waals surface area (Å²) >= 11 is 0. The standard InChI is InChI=1S/C13H16FN3O2/c1-15-12(18)11-4-2-3-7-17(11)13(19)9-5-6-16-8-10(9)14/h5-6,8,11H,2-4,7H2,1H3,(H,15,18). The molecule has 2 amide bonds. The van der Waals surface area contributed by atoms with E-state index in [-0.39, 0.29) is 11.5 Å². The second-order valence-electron chi connectivity index (χ2n) is 4.48. The molecule has 19 heavy (non-hydrogen) atoms. The van der Waals surface area contributed by atoms with Gasteiger partial charge in [-0.2, -0.15) is 0 Å². The molecule has 2 rings (SSSR count). The number of hydrogen-bond acceptors (Lipinski definition) is 3. The van der Waals surface area contributed by atoms with Gasteiger partial charge in [-0.15, -0.1) is 0 Å². The van der Waals surface area contributed by atoms with Crippen LogP contribution in [0.1, 0.15) is 29.6 Å². The van der Waals surface area contributed by atoms with Crippen LogP contribution in [-0.2, 0) is 4.79 Å². The zero-order valence-corrected chi connectivity index (χ0v) is 10.7. The number of carbonyl (C=O) groups is 2. The Labute approximate surface area is 110 Å². The van der Waals surface area contributed by atoms with E-state index in [1.807, 2.05) is 0 Å². The van der Waals surface area contributed by atoms with Gasteiger partial charge >= 0.3 is 0 Å². The molecule has 0 bridgehead atoms. The summed E-state index contributed by atoms with van der Waals surface area (Å²) in [5.41, 5.74) is -0.0363. The molecule has 102 valence electrons. The zero-order valence-electron chi connectivity index (χ0n) is 10.7. The highest BCUT2D eigenvalue weighted by Gasteiger charge is 2.32. The van der Waals surface area contributed by atoms with Crippen molar-refractivity contribution >= 4 is 11.8 Å². The summed E-state index contributed by atoms with van der Waals surface area (Å²) in [6.45, 7) is 0.471. The molecule has 1 aliphatic rings. The van der Waals surface area contributed by atoms with E-state index < -0.39 is 17.8 Å². The summed E-state index contributed by atoms with van der Waals surface area (Å²) in [6.07, 6.45) is 4.70. The van der Waals surface area contributed by atoms with Crippen molar-refractivity contribution in [1.29, 1.82) is 0 Å². The number of likely N-dealkylation sites (N-methyl/N-ethyl adjacent to an activating group) is 1. The van der Waals surface area contributed by atoms with Crippen LogP contribution in [0.4, 0.5) is 4.39 Å². The molecule has 1 unspecified atom stereocenters. The second kappa shape index (κ2) is 5.77. The van der Waals surface area contributed by atoms with E-state index in [1.54, 1.807) is 0 Å². The normalized spacial score (nSPS) is 19.1. The first-order valence-electron chi connectivity index (χ1n) is 6.27. The van der Waals surface area contributed by atoms with Crippen LogP contribution in [0.2, 0.25) is 0 Å². The topological polar surface area (TPSA) is 62.3 Å². The number of nitrogens with one attached hydrogen (secondary N) is 1. The Morgan fingerprint density at radius 1 is 1.47 bits per heavy atom. The fourth-order valence-corrected chi connectivity index (χ4v) is 2.32. The van der Waals surface area contributed by atoms with Gasteiger partial charge in [-0.1, -0.05) is 0 Å². The fourth-order valence-electron chi connectivity index (χ4n) is 2.32. The number of carbonyl (C=O) groups excluding carboxylic acids is 2. The minimum Gasteiger partial charge on any atom is -0.357 e. The lowest BCUT2D eigenvalue weighted by Gasteiger charge is -2.34. The van der Waals surface area contributed by atoms with E-state index >= 15 is 0 Å². The summed E-state index contributed by atoms with van der Waals surface area (Å²) in [4.78, 5) is 29.2. The van der Waals surface area contributed by atoms with Crippen LogP contribution in [0.3, 0.4) is 0 Å². The number of hydrogen-bond donors (Lipinski definition) is 1. The van der Waals surface area contributed by atoms with Gasteiger partial charge in [0.05, 0.1) is 11.8 Å². The van der Waals surface area contributed by atoms with Crippen molar-refractivity contribution < 1.29 is 14.0 Å². The van der Waals surface area contributed by atoms with Gasteiger partial charge in [0.1, 0.15) is 6.04 Å². The van der Waals surface area contributed by atoms with Gasteiger partial charge < -0.3 is 10.2 Å². The largest absolute Gasteiger partial charge is 0.357 e. The van der Waals surface area contributed by atoms with Crippen LogP contribution in [0.5, 0.6) is 0 Å². The van der Waals surface area contributed by atoms with Crippen LogP contribution in [-0.4, -0.2) is 41.3 Å². The van der Waals surface area contributed by atoms with Crippen LogP contribution in [0.15, 0.2) is 18.5 Å². The SMILES string of the molecule is CNC(=O)C1CCCCN1C(=O)c1ccncc1F. The van der Waals surface area contributed by atoms with E-state index in [9.17, 15) is 14.0 Å². The lowest BCUT2D eigenvalue weighted by molar-refractivity contribution is -0.126. The lowest BCUT2D eigenvalue weighted by atomic mass is 10.00. The van der Waals surface area contributed by atoms with Crippen LogP contribution in [0, 0.1) is 5.82 Å². The molecule has 6 heteroatoms. The van der Waals surface area contributed by atoms with Crippen LogP contribution in [0.25, 0.3) is 0 Å². The Morgan fingerprint density at radius 3 is 2.95 bits per heavy atom. The second-order valence-corrected chi connectivity index (χ2v) is 4.48. The van der Waals surface area contributed by atoms with E-state index in [0.717, 1.165) is 19.0 Å². The van der Waals surface area contributed by atoms with Crippen molar-refractivity contribution in [2.45, 2.75) is 25.3 Å². The van der Waals surface area contributed by atoms with E-state index in [1.165, 1.54) is 24.2 Å². The lowest BCUT2D eigenvalue weighted by Crippen LogP contribution is -2.51. The minimum atomic E-state index is -0.659. The molecule has 1 aliphatic heterocycles. The van der Waals surface area contributed by atoms with Crippen LogP contribution >= 0.6 is 0 Å². The number of nitrogens with zero attached hydrogens (tertiary/aromatic N) is 2. The van der Waals surface area contributed by atoms with Crippen molar-refractivity contribution in [1.82, 2.24) is 15.2 Å². The van der Waals surface area contributed by atoms with Gasteiger partial charge in [-0.3, -0.25) is 14.6 Å². The van der Waals surface area contributed by atoms with Gasteiger partial charge in [0.25, 0.3) is 5.91 Å². The Hall–Kier alpha value is -1.98. The third-order valence-electron chi connectivity index (χ3n) is 3.32. The molecule has 0 radical (unpaired) electrons. The minimum absolute atomic E-state index is 0.0363. The van der Waals surface area contributed by atoms with Gasteiger partial charge in [0.2, 0.25) is 5.91 Å². The molecule has 0 aliphatic carbocycles. The molecule has 1 aromatic heterocycles. The van der Waals surface area contributed by atoms with Crippen molar-refractivity contribution in [2.75, 3.05) is 13.6 Å². The summed E-state index contributed by atoms with van der Waals surface area (Å²) in [6, 6.07) is 0.825. The average Bonchev–Trinajstić information content (AvgIpc) is 2.46. The van der Waals surface area contributed by atoms with Gasteiger partial charge in [-0.25, -0.2) is 4.39 Å². The molecule has 1 atom stereocenters. The molecule has 5 nitrogen and oxygen atoms in total. The number of pyridine rings is 1. The summed E-state index contributed by atoms with van der Waals surface area (Å²) in [5.74, 6) is -1.32. The fraction of sp³-hybridized carbons (Fsp3) is 0.462. The quantitative estimate of drug-likeness (QED) is 0.866. The smallest absolute Gasteiger partial charge is 0.257 e. The van der Waals surface area contributed by atoms with Gasteiger partial charge in [-0.05, 0) is 25.3 Å². The highest BCUT2D eigenvalue weighted by Crippen LogP contribution is 2.20.